The van der Waals surface area contributed by atoms with Gasteiger partial charge in [-0.05, 0) is 17.7 Å². The third-order valence-corrected chi connectivity index (χ3v) is 2.01. The van der Waals surface area contributed by atoms with Crippen molar-refractivity contribution in [3.05, 3.63) is 34.3 Å². The van der Waals surface area contributed by atoms with E-state index in [1.807, 2.05) is 0 Å². The topological polar surface area (TPSA) is 52.0 Å². The van der Waals surface area contributed by atoms with E-state index in [1.165, 1.54) is 6.07 Å². The summed E-state index contributed by atoms with van der Waals surface area (Å²) < 4.78 is 37.0. The van der Waals surface area contributed by atoms with Gasteiger partial charge in [-0.2, -0.15) is 13.2 Å². The Bertz CT molecular complexity index is 336. The fourth-order valence-electron chi connectivity index (χ4n) is 0.967. The lowest BCUT2D eigenvalue weighted by Gasteiger charge is -2.12. The van der Waals surface area contributed by atoms with Crippen molar-refractivity contribution in [2.24, 2.45) is 11.5 Å². The first-order chi connectivity index (χ1) is 6.32. The number of hydrogen-bond donors (Lipinski definition) is 2. The Hall–Kier alpha value is -0.780. The van der Waals surface area contributed by atoms with Gasteiger partial charge in [0.15, 0.2) is 0 Å². The molecule has 0 aliphatic rings. The molecule has 1 aromatic rings. The van der Waals surface area contributed by atoms with Gasteiger partial charge in [0.25, 0.3) is 0 Å². The van der Waals surface area contributed by atoms with Crippen molar-refractivity contribution < 1.29 is 13.2 Å². The minimum Gasteiger partial charge on any atom is -0.312 e. The van der Waals surface area contributed by atoms with E-state index in [4.69, 9.17) is 23.1 Å². The zero-order valence-corrected chi connectivity index (χ0v) is 7.73. The van der Waals surface area contributed by atoms with Crippen LogP contribution in [0.15, 0.2) is 18.2 Å². The largest absolute Gasteiger partial charge is 0.417 e. The summed E-state index contributed by atoms with van der Waals surface area (Å²) in [5.74, 6) is 0. The van der Waals surface area contributed by atoms with E-state index >= 15 is 0 Å². The number of rotatable bonds is 1. The number of hydrogen-bond acceptors (Lipinski definition) is 2. The molecule has 0 heterocycles. The van der Waals surface area contributed by atoms with Crippen LogP contribution >= 0.6 is 11.6 Å². The van der Waals surface area contributed by atoms with Crippen LogP contribution in [0, 0.1) is 0 Å². The molecule has 2 nitrogen and oxygen atoms in total. The van der Waals surface area contributed by atoms with Gasteiger partial charge >= 0.3 is 6.18 Å². The summed E-state index contributed by atoms with van der Waals surface area (Å²) in [6.45, 7) is 0. The third-order valence-electron chi connectivity index (χ3n) is 1.68. The van der Waals surface area contributed by atoms with Crippen LogP contribution in [0.25, 0.3) is 0 Å². The Kier molecular flexibility index (Phi) is 3.04. The lowest BCUT2D eigenvalue weighted by atomic mass is 10.1. The second-order valence-electron chi connectivity index (χ2n) is 2.76. The average molecular weight is 225 g/mol. The zero-order valence-electron chi connectivity index (χ0n) is 6.98. The Labute approximate surface area is 83.6 Å². The van der Waals surface area contributed by atoms with E-state index in [2.05, 4.69) is 0 Å². The van der Waals surface area contributed by atoms with Gasteiger partial charge in [0.2, 0.25) is 0 Å². The maximum Gasteiger partial charge on any atom is 0.417 e. The van der Waals surface area contributed by atoms with Crippen molar-refractivity contribution in [3.63, 3.8) is 0 Å². The molecule has 0 aliphatic heterocycles. The predicted molar refractivity (Wildman–Crippen MR) is 47.6 cm³/mol. The lowest BCUT2D eigenvalue weighted by Crippen LogP contribution is -2.20. The number of benzene rings is 1. The Morgan fingerprint density at radius 1 is 1.21 bits per heavy atom. The van der Waals surface area contributed by atoms with Crippen LogP contribution in [0.3, 0.4) is 0 Å². The quantitative estimate of drug-likeness (QED) is 0.719. The third kappa shape index (κ3) is 2.37. The maximum absolute atomic E-state index is 12.3. The molecule has 0 saturated carbocycles. The second kappa shape index (κ2) is 3.76. The van der Waals surface area contributed by atoms with Crippen LogP contribution in [0.5, 0.6) is 0 Å². The summed E-state index contributed by atoms with van der Waals surface area (Å²) in [6, 6.07) is 3.35. The van der Waals surface area contributed by atoms with E-state index in [1.54, 1.807) is 0 Å². The van der Waals surface area contributed by atoms with Gasteiger partial charge in [-0.1, -0.05) is 17.7 Å². The van der Waals surface area contributed by atoms with Crippen molar-refractivity contribution >= 4 is 11.6 Å². The normalized spacial score (nSPS) is 12.2. The van der Waals surface area contributed by atoms with E-state index in [0.29, 0.717) is 0 Å². The fraction of sp³-hybridized carbons (Fsp3) is 0.250. The van der Waals surface area contributed by atoms with E-state index in [-0.39, 0.29) is 10.6 Å². The molecule has 14 heavy (non-hydrogen) atoms. The molecule has 0 spiro atoms. The van der Waals surface area contributed by atoms with Crippen LogP contribution in [0.4, 0.5) is 13.2 Å². The van der Waals surface area contributed by atoms with Gasteiger partial charge < -0.3 is 11.5 Å². The Morgan fingerprint density at radius 3 is 2.21 bits per heavy atom. The zero-order chi connectivity index (χ0) is 10.9. The van der Waals surface area contributed by atoms with Crippen molar-refractivity contribution in [1.29, 1.82) is 0 Å². The van der Waals surface area contributed by atoms with Crippen molar-refractivity contribution in [2.45, 2.75) is 12.3 Å². The second-order valence-corrected chi connectivity index (χ2v) is 3.17. The Morgan fingerprint density at radius 2 is 1.79 bits per heavy atom. The van der Waals surface area contributed by atoms with Crippen molar-refractivity contribution in [2.75, 3.05) is 0 Å². The lowest BCUT2D eigenvalue weighted by molar-refractivity contribution is -0.137. The van der Waals surface area contributed by atoms with Gasteiger partial charge in [0, 0.05) is 0 Å². The molecule has 0 aliphatic carbocycles. The molecule has 1 aromatic carbocycles. The molecule has 4 N–H and O–H groups in total. The molecule has 0 bridgehead atoms. The van der Waals surface area contributed by atoms with Crippen LogP contribution in [-0.4, -0.2) is 0 Å². The number of halogens is 4. The Balaban J connectivity index is 3.22. The van der Waals surface area contributed by atoms with Gasteiger partial charge in [-0.3, -0.25) is 0 Å². The molecule has 0 unspecified atom stereocenters. The number of alkyl halides is 3. The molecule has 0 amide bonds. The molecule has 0 radical (unpaired) electrons. The highest BCUT2D eigenvalue weighted by atomic mass is 35.5. The SMILES string of the molecule is NC(N)c1ccc(Cl)c(C(F)(F)F)c1. The van der Waals surface area contributed by atoms with Crippen LogP contribution < -0.4 is 11.5 Å². The summed E-state index contributed by atoms with van der Waals surface area (Å²) in [5, 5.41) is -0.359. The predicted octanol–water partition coefficient (Wildman–Crippen LogP) is 2.27. The minimum absolute atomic E-state index is 0.196. The molecule has 0 aromatic heterocycles. The first-order valence-electron chi connectivity index (χ1n) is 3.70. The molecule has 0 saturated heterocycles. The van der Waals surface area contributed by atoms with Crippen LogP contribution in [-0.2, 0) is 6.18 Å². The van der Waals surface area contributed by atoms with E-state index in [9.17, 15) is 13.2 Å². The number of nitrogens with two attached hydrogens (primary N) is 2. The minimum atomic E-state index is -4.48. The van der Waals surface area contributed by atoms with Crippen molar-refractivity contribution in [1.82, 2.24) is 0 Å². The molecule has 0 fully saturated rings. The first-order valence-corrected chi connectivity index (χ1v) is 4.08. The van der Waals surface area contributed by atoms with Gasteiger partial charge in [-0.15, -0.1) is 0 Å². The summed E-state index contributed by atoms with van der Waals surface area (Å²) in [7, 11) is 0. The standard InChI is InChI=1S/C8H8ClF3N2/c9-6-2-1-4(7(13)14)3-5(6)8(10,11)12/h1-3,7H,13-14H2. The molecule has 6 heteroatoms. The van der Waals surface area contributed by atoms with E-state index < -0.39 is 17.9 Å². The van der Waals surface area contributed by atoms with E-state index in [0.717, 1.165) is 12.1 Å². The summed E-state index contributed by atoms with van der Waals surface area (Å²) in [6.07, 6.45) is -5.42. The monoisotopic (exact) mass is 224 g/mol. The molecule has 0 atom stereocenters. The van der Waals surface area contributed by atoms with Gasteiger partial charge in [0.1, 0.15) is 0 Å². The van der Waals surface area contributed by atoms with Gasteiger partial charge in [0.05, 0.1) is 16.8 Å². The van der Waals surface area contributed by atoms with Gasteiger partial charge in [-0.25, -0.2) is 0 Å². The molecule has 1 rings (SSSR count). The molecular weight excluding hydrogens is 217 g/mol. The molecular formula is C8H8ClF3N2. The van der Waals surface area contributed by atoms with Crippen LogP contribution in [0.2, 0.25) is 5.02 Å². The van der Waals surface area contributed by atoms with Crippen LogP contribution in [0.1, 0.15) is 17.3 Å². The highest BCUT2D eigenvalue weighted by Gasteiger charge is 2.33. The average Bonchev–Trinajstić information content (AvgIpc) is 2.02. The summed E-state index contributed by atoms with van der Waals surface area (Å²) >= 11 is 5.38. The summed E-state index contributed by atoms with van der Waals surface area (Å²) in [4.78, 5) is 0. The van der Waals surface area contributed by atoms with Crippen molar-refractivity contribution in [3.8, 4) is 0 Å². The first kappa shape index (κ1) is 11.3. The molecule has 78 valence electrons. The highest BCUT2D eigenvalue weighted by Crippen LogP contribution is 2.35. The highest BCUT2D eigenvalue weighted by molar-refractivity contribution is 6.31. The summed E-state index contributed by atoms with van der Waals surface area (Å²) in [5.41, 5.74) is 9.76. The maximum atomic E-state index is 12.3. The smallest absolute Gasteiger partial charge is 0.312 e. The fourth-order valence-corrected chi connectivity index (χ4v) is 1.19.